The number of carbonyl (C=O) groups is 1. The lowest BCUT2D eigenvalue weighted by Crippen LogP contribution is -2.35. The highest BCUT2D eigenvalue weighted by Crippen LogP contribution is 2.15. The molecule has 0 spiro atoms. The first-order chi connectivity index (χ1) is 8.16. The van der Waals surface area contributed by atoms with Crippen molar-refractivity contribution in [3.05, 3.63) is 29.8 Å². The van der Waals surface area contributed by atoms with Gasteiger partial charge in [-0.1, -0.05) is 0 Å². The Kier molecular flexibility index (Phi) is 3.68. The Labute approximate surface area is 99.4 Å². The van der Waals surface area contributed by atoms with Gasteiger partial charge in [0.25, 0.3) is 0 Å². The number of likely N-dealkylation sites (tertiary alicyclic amines) is 1. The van der Waals surface area contributed by atoms with Gasteiger partial charge in [0.05, 0.1) is 11.8 Å². The maximum absolute atomic E-state index is 13.3. The molecule has 1 fully saturated rings. The van der Waals surface area contributed by atoms with Crippen LogP contribution < -0.4 is 0 Å². The summed E-state index contributed by atoms with van der Waals surface area (Å²) >= 11 is 0. The van der Waals surface area contributed by atoms with Crippen molar-refractivity contribution < 1.29 is 13.9 Å². The van der Waals surface area contributed by atoms with Crippen LogP contribution in [0.25, 0.3) is 0 Å². The van der Waals surface area contributed by atoms with E-state index in [1.165, 1.54) is 12.3 Å². The molecule has 0 atom stereocenters. The standard InChI is InChI=1S/C12H15FN2O2/c1-15-6-3-9(4-7-15)17-12(16)10-2-5-14-8-11(10)13/h2,5,8-9H,3-4,6-7H2,1H3. The Morgan fingerprint density at radius 2 is 2.24 bits per heavy atom. The number of pyridine rings is 1. The van der Waals surface area contributed by atoms with Crippen molar-refractivity contribution in [1.82, 2.24) is 9.88 Å². The minimum atomic E-state index is -0.634. The molecule has 0 aromatic carbocycles. The molecule has 92 valence electrons. The molecule has 2 rings (SSSR count). The van der Waals surface area contributed by atoms with Gasteiger partial charge in [0.1, 0.15) is 6.10 Å². The third kappa shape index (κ3) is 3.00. The van der Waals surface area contributed by atoms with E-state index in [9.17, 15) is 9.18 Å². The number of rotatable bonds is 2. The minimum absolute atomic E-state index is 0.0427. The summed E-state index contributed by atoms with van der Waals surface area (Å²) in [5.41, 5.74) is -0.0427. The summed E-state index contributed by atoms with van der Waals surface area (Å²) in [7, 11) is 2.03. The molecule has 1 aromatic heterocycles. The number of ether oxygens (including phenoxy) is 1. The van der Waals surface area contributed by atoms with Crippen LogP contribution in [0.15, 0.2) is 18.5 Å². The molecule has 0 bridgehead atoms. The molecule has 0 radical (unpaired) electrons. The van der Waals surface area contributed by atoms with E-state index in [2.05, 4.69) is 9.88 Å². The lowest BCUT2D eigenvalue weighted by atomic mass is 10.1. The van der Waals surface area contributed by atoms with Crippen LogP contribution in [0.1, 0.15) is 23.2 Å². The molecular weight excluding hydrogens is 223 g/mol. The quantitative estimate of drug-likeness (QED) is 0.732. The molecular formula is C12H15FN2O2. The van der Waals surface area contributed by atoms with Gasteiger partial charge in [-0.2, -0.15) is 0 Å². The monoisotopic (exact) mass is 238 g/mol. The number of carbonyl (C=O) groups excluding carboxylic acids is 1. The fourth-order valence-corrected chi connectivity index (χ4v) is 1.86. The van der Waals surface area contributed by atoms with Crippen LogP contribution >= 0.6 is 0 Å². The fraction of sp³-hybridized carbons (Fsp3) is 0.500. The van der Waals surface area contributed by atoms with Gasteiger partial charge >= 0.3 is 5.97 Å². The molecule has 0 aliphatic carbocycles. The summed E-state index contributed by atoms with van der Waals surface area (Å²) < 4.78 is 18.6. The third-order valence-corrected chi connectivity index (χ3v) is 2.93. The Bertz CT molecular complexity index is 403. The van der Waals surface area contributed by atoms with E-state index in [-0.39, 0.29) is 11.7 Å². The van der Waals surface area contributed by atoms with Crippen LogP contribution in [0, 0.1) is 5.82 Å². The van der Waals surface area contributed by atoms with Crippen molar-refractivity contribution in [2.75, 3.05) is 20.1 Å². The first kappa shape index (κ1) is 12.0. The molecule has 1 aliphatic heterocycles. The average Bonchev–Trinajstić information content (AvgIpc) is 2.32. The second-order valence-electron chi connectivity index (χ2n) is 4.26. The van der Waals surface area contributed by atoms with E-state index in [0.717, 1.165) is 32.1 Å². The van der Waals surface area contributed by atoms with Crippen LogP contribution in [-0.2, 0) is 4.74 Å². The zero-order valence-corrected chi connectivity index (χ0v) is 9.73. The number of nitrogens with zero attached hydrogens (tertiary/aromatic N) is 2. The van der Waals surface area contributed by atoms with E-state index >= 15 is 0 Å². The topological polar surface area (TPSA) is 42.4 Å². The summed E-state index contributed by atoms with van der Waals surface area (Å²) in [6.07, 6.45) is 3.90. The van der Waals surface area contributed by atoms with E-state index in [1.54, 1.807) is 0 Å². The summed E-state index contributed by atoms with van der Waals surface area (Å²) in [6, 6.07) is 1.34. The highest BCUT2D eigenvalue weighted by Gasteiger charge is 2.22. The number of esters is 1. The van der Waals surface area contributed by atoms with Gasteiger partial charge in [0.15, 0.2) is 5.82 Å². The zero-order chi connectivity index (χ0) is 12.3. The number of aromatic nitrogens is 1. The summed E-state index contributed by atoms with van der Waals surface area (Å²) in [6.45, 7) is 1.80. The molecule has 0 amide bonds. The largest absolute Gasteiger partial charge is 0.459 e. The molecule has 17 heavy (non-hydrogen) atoms. The van der Waals surface area contributed by atoms with E-state index in [0.29, 0.717) is 0 Å². The maximum atomic E-state index is 13.3. The Balaban J connectivity index is 1.96. The summed E-state index contributed by atoms with van der Waals surface area (Å²) in [5.74, 6) is -1.23. The number of halogens is 1. The SMILES string of the molecule is CN1CCC(OC(=O)c2ccncc2F)CC1. The molecule has 1 aliphatic rings. The molecule has 5 heteroatoms. The van der Waals surface area contributed by atoms with Crippen molar-refractivity contribution in [2.24, 2.45) is 0 Å². The predicted octanol–water partition coefficient (Wildman–Crippen LogP) is 1.47. The molecule has 0 N–H and O–H groups in total. The van der Waals surface area contributed by atoms with Gasteiger partial charge in [-0.3, -0.25) is 4.98 Å². The van der Waals surface area contributed by atoms with Gasteiger partial charge in [0, 0.05) is 19.3 Å². The van der Waals surface area contributed by atoms with Crippen molar-refractivity contribution in [2.45, 2.75) is 18.9 Å². The van der Waals surface area contributed by atoms with Crippen molar-refractivity contribution >= 4 is 5.97 Å². The van der Waals surface area contributed by atoms with E-state index < -0.39 is 11.8 Å². The molecule has 0 unspecified atom stereocenters. The van der Waals surface area contributed by atoms with Crippen LogP contribution in [0.4, 0.5) is 4.39 Å². The molecule has 1 aromatic rings. The zero-order valence-electron chi connectivity index (χ0n) is 9.73. The van der Waals surface area contributed by atoms with Crippen molar-refractivity contribution in [1.29, 1.82) is 0 Å². The number of piperidine rings is 1. The average molecular weight is 238 g/mol. The minimum Gasteiger partial charge on any atom is -0.459 e. The van der Waals surface area contributed by atoms with E-state index in [1.807, 2.05) is 7.05 Å². The summed E-state index contributed by atoms with van der Waals surface area (Å²) in [4.78, 5) is 17.5. The van der Waals surface area contributed by atoms with E-state index in [4.69, 9.17) is 4.74 Å². The predicted molar refractivity (Wildman–Crippen MR) is 60.1 cm³/mol. The molecule has 0 saturated carbocycles. The van der Waals surface area contributed by atoms with Crippen LogP contribution in [0.3, 0.4) is 0 Å². The van der Waals surface area contributed by atoms with Gasteiger partial charge in [-0.25, -0.2) is 9.18 Å². The smallest absolute Gasteiger partial charge is 0.341 e. The highest BCUT2D eigenvalue weighted by atomic mass is 19.1. The van der Waals surface area contributed by atoms with Crippen LogP contribution in [0.5, 0.6) is 0 Å². The number of hydrogen-bond donors (Lipinski definition) is 0. The van der Waals surface area contributed by atoms with Gasteiger partial charge in [-0.05, 0) is 26.0 Å². The molecule has 1 saturated heterocycles. The third-order valence-electron chi connectivity index (χ3n) is 2.93. The first-order valence-electron chi connectivity index (χ1n) is 5.66. The number of hydrogen-bond acceptors (Lipinski definition) is 4. The maximum Gasteiger partial charge on any atom is 0.341 e. The normalized spacial score (nSPS) is 18.0. The van der Waals surface area contributed by atoms with Gasteiger partial charge in [-0.15, -0.1) is 0 Å². The van der Waals surface area contributed by atoms with Gasteiger partial charge < -0.3 is 9.64 Å². The fourth-order valence-electron chi connectivity index (χ4n) is 1.86. The molecule has 4 nitrogen and oxygen atoms in total. The Morgan fingerprint density at radius 1 is 1.53 bits per heavy atom. The highest BCUT2D eigenvalue weighted by molar-refractivity contribution is 5.89. The second kappa shape index (κ2) is 5.23. The first-order valence-corrected chi connectivity index (χ1v) is 5.66. The Hall–Kier alpha value is -1.49. The van der Waals surface area contributed by atoms with Crippen LogP contribution in [0.2, 0.25) is 0 Å². The van der Waals surface area contributed by atoms with Gasteiger partial charge in [0.2, 0.25) is 0 Å². The lowest BCUT2D eigenvalue weighted by Gasteiger charge is -2.28. The van der Waals surface area contributed by atoms with Crippen LogP contribution in [-0.4, -0.2) is 42.1 Å². The van der Waals surface area contributed by atoms with Crippen molar-refractivity contribution in [3.8, 4) is 0 Å². The lowest BCUT2D eigenvalue weighted by molar-refractivity contribution is 0.0134. The van der Waals surface area contributed by atoms with Crippen molar-refractivity contribution in [3.63, 3.8) is 0 Å². The Morgan fingerprint density at radius 3 is 2.88 bits per heavy atom. The molecule has 2 heterocycles. The second-order valence-corrected chi connectivity index (χ2v) is 4.26. The summed E-state index contributed by atoms with van der Waals surface area (Å²) in [5, 5.41) is 0.